The number of thiocarbonyl (C=S) groups is 2. The van der Waals surface area contributed by atoms with Crippen LogP contribution in [0.3, 0.4) is 0 Å². The normalized spacial score (nSPS) is 11.0. The van der Waals surface area contributed by atoms with E-state index in [1.165, 1.54) is 0 Å². The predicted molar refractivity (Wildman–Crippen MR) is 140 cm³/mol. The molecule has 2 amide bonds. The van der Waals surface area contributed by atoms with Gasteiger partial charge in [-0.1, -0.05) is 36.4 Å². The zero-order valence-electron chi connectivity index (χ0n) is 18.0. The lowest BCUT2D eigenvalue weighted by Gasteiger charge is -2.12. The van der Waals surface area contributed by atoms with E-state index >= 15 is 0 Å². The molecular weight excluding hydrogens is 537 g/mol. The number of para-hydroxylation sites is 2. The molecule has 0 aliphatic carbocycles. The molecule has 6 N–H and O–H groups in total. The van der Waals surface area contributed by atoms with E-state index in [1.54, 1.807) is 60.7 Å². The van der Waals surface area contributed by atoms with Crippen molar-refractivity contribution in [1.82, 2.24) is 21.7 Å². The summed E-state index contributed by atoms with van der Waals surface area (Å²) in [5, 5.41) is 4.07. The second kappa shape index (κ2) is 12.9. The number of benzene rings is 2. The Kier molecular flexibility index (Phi) is 10.3. The number of sulfone groups is 2. The summed E-state index contributed by atoms with van der Waals surface area (Å²) in [5.74, 6) is -4.36. The summed E-state index contributed by atoms with van der Waals surface area (Å²) in [7, 11) is -8.81. The standard InChI is InChI=1S/C19H22N6O6S4/c26-16(22-24-18(32)20-14-7-3-1-4-8-14)11-34(28,29)13-35(30,31)12-17(27)23-25-19(33)21-15-9-5-2-6-10-15/h1-10H,11-13H2,(H,22,26)(H,23,27)(H2,20,24,32)(H2,21,25,33). The molecular formula is C19H22N6O6S4. The zero-order valence-corrected chi connectivity index (χ0v) is 21.2. The lowest BCUT2D eigenvalue weighted by molar-refractivity contribution is -0.120. The smallest absolute Gasteiger partial charge is 0.253 e. The molecule has 0 saturated heterocycles. The minimum atomic E-state index is -4.41. The number of rotatable bonds is 8. The Hall–Kier alpha value is -3.34. The van der Waals surface area contributed by atoms with E-state index in [-0.39, 0.29) is 10.2 Å². The van der Waals surface area contributed by atoms with Crippen LogP contribution < -0.4 is 32.3 Å². The highest BCUT2D eigenvalue weighted by molar-refractivity contribution is 8.08. The van der Waals surface area contributed by atoms with Gasteiger partial charge >= 0.3 is 0 Å². The van der Waals surface area contributed by atoms with Gasteiger partial charge in [0.05, 0.1) is 0 Å². The molecule has 188 valence electrons. The van der Waals surface area contributed by atoms with Crippen molar-refractivity contribution >= 4 is 77.5 Å². The fourth-order valence-electron chi connectivity index (χ4n) is 2.45. The summed E-state index contributed by atoms with van der Waals surface area (Å²) in [6, 6.07) is 17.4. The molecule has 0 aliphatic heterocycles. The molecule has 0 spiro atoms. The summed E-state index contributed by atoms with van der Waals surface area (Å²) in [4.78, 5) is 23.8. The number of carbonyl (C=O) groups is 2. The molecule has 0 bridgehead atoms. The Morgan fingerprint density at radius 2 is 0.943 bits per heavy atom. The molecule has 12 nitrogen and oxygen atoms in total. The monoisotopic (exact) mass is 558 g/mol. The van der Waals surface area contributed by atoms with Gasteiger partial charge in [-0.05, 0) is 48.7 Å². The van der Waals surface area contributed by atoms with Crippen LogP contribution in [0.5, 0.6) is 0 Å². The second-order valence-corrected chi connectivity index (χ2v) is 12.2. The minimum absolute atomic E-state index is 0.0154. The van der Waals surface area contributed by atoms with Gasteiger partial charge in [0.25, 0.3) is 11.8 Å². The number of carbonyl (C=O) groups excluding carboxylic acids is 2. The largest absolute Gasteiger partial charge is 0.331 e. The molecule has 0 atom stereocenters. The maximum absolute atomic E-state index is 12.1. The summed E-state index contributed by atoms with van der Waals surface area (Å²) < 4.78 is 48.6. The number of hydrogen-bond donors (Lipinski definition) is 6. The maximum atomic E-state index is 12.1. The third-order valence-electron chi connectivity index (χ3n) is 3.76. The number of hydrazine groups is 2. The molecule has 16 heteroatoms. The molecule has 35 heavy (non-hydrogen) atoms. The van der Waals surface area contributed by atoms with Crippen molar-refractivity contribution in [3.05, 3.63) is 60.7 Å². The highest BCUT2D eigenvalue weighted by Crippen LogP contribution is 2.05. The van der Waals surface area contributed by atoms with Gasteiger partial charge in [-0.2, -0.15) is 0 Å². The van der Waals surface area contributed by atoms with Crippen LogP contribution in [0, 0.1) is 0 Å². The Labute approximate surface area is 213 Å². The molecule has 0 unspecified atom stereocenters. The number of hydrogen-bond acceptors (Lipinski definition) is 8. The van der Waals surface area contributed by atoms with Crippen LogP contribution in [-0.2, 0) is 29.3 Å². The van der Waals surface area contributed by atoms with Gasteiger partial charge in [-0.15, -0.1) is 0 Å². The Bertz CT molecular complexity index is 1170. The maximum Gasteiger partial charge on any atom is 0.253 e. The van der Waals surface area contributed by atoms with E-state index in [0.717, 1.165) is 0 Å². The number of anilines is 2. The van der Waals surface area contributed by atoms with Crippen LogP contribution in [-0.4, -0.2) is 55.5 Å². The van der Waals surface area contributed by atoms with Crippen molar-refractivity contribution < 1.29 is 26.4 Å². The molecule has 0 saturated carbocycles. The highest BCUT2D eigenvalue weighted by Gasteiger charge is 2.27. The predicted octanol–water partition coefficient (Wildman–Crippen LogP) is -0.191. The van der Waals surface area contributed by atoms with Crippen molar-refractivity contribution in [2.75, 3.05) is 27.2 Å². The third-order valence-corrected chi connectivity index (χ3v) is 8.44. The molecule has 0 heterocycles. The SMILES string of the molecule is O=C(CS(=O)(=O)CS(=O)(=O)CC(=O)NNC(=S)Nc1ccccc1)NNC(=S)Nc1ccccc1. The van der Waals surface area contributed by atoms with Crippen LogP contribution in [0.15, 0.2) is 60.7 Å². The first-order valence-corrected chi connectivity index (χ1v) is 14.1. The quantitative estimate of drug-likeness (QED) is 0.186. The lowest BCUT2D eigenvalue weighted by atomic mass is 10.3. The first kappa shape index (κ1) is 27.9. The van der Waals surface area contributed by atoms with Crippen LogP contribution in [0.4, 0.5) is 11.4 Å². The van der Waals surface area contributed by atoms with E-state index in [9.17, 15) is 26.4 Å². The van der Waals surface area contributed by atoms with Crippen molar-refractivity contribution in [2.24, 2.45) is 0 Å². The van der Waals surface area contributed by atoms with Gasteiger partial charge in [0, 0.05) is 11.4 Å². The van der Waals surface area contributed by atoms with Crippen molar-refractivity contribution in [3.8, 4) is 0 Å². The summed E-state index contributed by atoms with van der Waals surface area (Å²) in [5.41, 5.74) is 10.00. The van der Waals surface area contributed by atoms with Crippen LogP contribution in [0.25, 0.3) is 0 Å². The van der Waals surface area contributed by atoms with E-state index in [0.29, 0.717) is 11.4 Å². The Morgan fingerprint density at radius 3 is 1.29 bits per heavy atom. The first-order valence-electron chi connectivity index (χ1n) is 9.67. The number of nitrogens with one attached hydrogen (secondary N) is 6. The van der Waals surface area contributed by atoms with Crippen LogP contribution in [0.1, 0.15) is 0 Å². The van der Waals surface area contributed by atoms with Gasteiger partial charge in [0.15, 0.2) is 35.0 Å². The van der Waals surface area contributed by atoms with Gasteiger partial charge in [-0.25, -0.2) is 16.8 Å². The van der Waals surface area contributed by atoms with Gasteiger partial charge < -0.3 is 10.6 Å². The van der Waals surface area contributed by atoms with E-state index in [1.807, 2.05) is 0 Å². The fourth-order valence-corrected chi connectivity index (χ4v) is 6.59. The van der Waals surface area contributed by atoms with Gasteiger partial charge in [-0.3, -0.25) is 31.3 Å². The lowest BCUT2D eigenvalue weighted by Crippen LogP contribution is -2.47. The molecule has 2 aromatic carbocycles. The van der Waals surface area contributed by atoms with Crippen molar-refractivity contribution in [1.29, 1.82) is 0 Å². The molecule has 0 fully saturated rings. The molecule has 2 aromatic rings. The first-order chi connectivity index (χ1) is 16.4. The molecule has 2 rings (SSSR count). The summed E-state index contributed by atoms with van der Waals surface area (Å²) in [6.45, 7) is 0. The van der Waals surface area contributed by atoms with E-state index in [4.69, 9.17) is 24.4 Å². The van der Waals surface area contributed by atoms with Crippen LogP contribution in [0.2, 0.25) is 0 Å². The fraction of sp³-hybridized carbons (Fsp3) is 0.158. The van der Waals surface area contributed by atoms with Gasteiger partial charge in [0.2, 0.25) is 0 Å². The second-order valence-electron chi connectivity index (χ2n) is 6.88. The third kappa shape index (κ3) is 11.6. The van der Waals surface area contributed by atoms with Gasteiger partial charge in [0.1, 0.15) is 11.5 Å². The zero-order chi connectivity index (χ0) is 25.9. The Balaban J connectivity index is 1.75. The van der Waals surface area contributed by atoms with Crippen molar-refractivity contribution in [2.45, 2.75) is 0 Å². The highest BCUT2D eigenvalue weighted by atomic mass is 32.3. The topological polar surface area (TPSA) is 175 Å². The van der Waals surface area contributed by atoms with E-state index < -0.39 is 48.1 Å². The average molecular weight is 559 g/mol. The number of amides is 2. The molecule has 0 radical (unpaired) electrons. The molecule has 0 aromatic heterocycles. The minimum Gasteiger partial charge on any atom is -0.331 e. The Morgan fingerprint density at radius 1 is 0.600 bits per heavy atom. The summed E-state index contributed by atoms with van der Waals surface area (Å²) in [6.07, 6.45) is 0. The molecule has 0 aliphatic rings. The van der Waals surface area contributed by atoms with Crippen LogP contribution >= 0.6 is 24.4 Å². The average Bonchev–Trinajstić information content (AvgIpc) is 2.76. The van der Waals surface area contributed by atoms with Crippen molar-refractivity contribution in [3.63, 3.8) is 0 Å². The summed E-state index contributed by atoms with van der Waals surface area (Å²) >= 11 is 9.93. The van der Waals surface area contributed by atoms with E-state index in [2.05, 4.69) is 32.3 Å².